The molecule has 1 atom stereocenters. The second kappa shape index (κ2) is 6.26. The first-order chi connectivity index (χ1) is 8.58. The molecule has 0 spiro atoms. The van der Waals surface area contributed by atoms with Gasteiger partial charge in [-0.25, -0.2) is 4.79 Å². The van der Waals surface area contributed by atoms with Crippen LogP contribution in [0.15, 0.2) is 12.1 Å². The van der Waals surface area contributed by atoms with Crippen LogP contribution in [0.2, 0.25) is 0 Å². The fraction of sp³-hybridized carbons (Fsp3) is 0.462. The molecule has 0 aromatic heterocycles. The molecule has 5 heteroatoms. The van der Waals surface area contributed by atoms with Crippen LogP contribution < -0.4 is 9.47 Å². The molecule has 0 radical (unpaired) electrons. The minimum Gasteiger partial charge on any atom is -0.496 e. The van der Waals surface area contributed by atoms with Crippen LogP contribution in [0.1, 0.15) is 24.2 Å². The topological polar surface area (TPSA) is 65.0 Å². The fourth-order valence-electron chi connectivity index (χ4n) is 1.72. The Labute approximate surface area is 106 Å². The highest BCUT2D eigenvalue weighted by molar-refractivity contribution is 5.77. The van der Waals surface area contributed by atoms with Crippen molar-refractivity contribution in [1.29, 1.82) is 0 Å². The summed E-state index contributed by atoms with van der Waals surface area (Å²) in [6.07, 6.45) is -0.644. The van der Waals surface area contributed by atoms with Crippen LogP contribution in [0.5, 0.6) is 11.5 Å². The number of hydrogen-bond acceptors (Lipinski definition) is 5. The van der Waals surface area contributed by atoms with Gasteiger partial charge >= 0.3 is 5.97 Å². The van der Waals surface area contributed by atoms with Gasteiger partial charge in [0.1, 0.15) is 11.5 Å². The van der Waals surface area contributed by atoms with Crippen molar-refractivity contribution in [3.05, 3.63) is 23.3 Å². The predicted molar refractivity (Wildman–Crippen MR) is 65.9 cm³/mol. The lowest BCUT2D eigenvalue weighted by molar-refractivity contribution is -0.150. The van der Waals surface area contributed by atoms with Gasteiger partial charge in [-0.3, -0.25) is 0 Å². The lowest BCUT2D eigenvalue weighted by Gasteiger charge is -2.16. The van der Waals surface area contributed by atoms with Crippen LogP contribution in [0, 0.1) is 0 Å². The number of aryl methyl sites for hydroxylation is 1. The molecule has 18 heavy (non-hydrogen) atoms. The lowest BCUT2D eigenvalue weighted by atomic mass is 10.0. The monoisotopic (exact) mass is 254 g/mol. The Morgan fingerprint density at radius 1 is 1.22 bits per heavy atom. The number of aliphatic hydroxyl groups excluding tert-OH is 1. The first-order valence-corrected chi connectivity index (χ1v) is 5.59. The predicted octanol–water partition coefficient (Wildman–Crippen LogP) is 1.47. The van der Waals surface area contributed by atoms with Gasteiger partial charge in [-0.1, -0.05) is 6.92 Å². The summed E-state index contributed by atoms with van der Waals surface area (Å²) in [4.78, 5) is 11.4. The Morgan fingerprint density at radius 2 is 1.83 bits per heavy atom. The van der Waals surface area contributed by atoms with Crippen molar-refractivity contribution in [2.75, 3.05) is 21.3 Å². The maximum absolute atomic E-state index is 11.4. The molecule has 0 heterocycles. The van der Waals surface area contributed by atoms with Crippen molar-refractivity contribution in [2.24, 2.45) is 0 Å². The SMILES string of the molecule is CCc1cc(C(O)C(=O)OC)c(OC)cc1OC. The summed E-state index contributed by atoms with van der Waals surface area (Å²) in [6.45, 7) is 1.96. The van der Waals surface area contributed by atoms with E-state index in [4.69, 9.17) is 9.47 Å². The molecule has 0 saturated heterocycles. The third-order valence-corrected chi connectivity index (χ3v) is 2.73. The van der Waals surface area contributed by atoms with Crippen LogP contribution in [0.25, 0.3) is 0 Å². The highest BCUT2D eigenvalue weighted by Crippen LogP contribution is 2.33. The molecule has 1 rings (SSSR count). The number of benzene rings is 1. The average molecular weight is 254 g/mol. The number of methoxy groups -OCH3 is 3. The molecule has 0 saturated carbocycles. The van der Waals surface area contributed by atoms with Gasteiger partial charge in [0.25, 0.3) is 0 Å². The minimum absolute atomic E-state index is 0.377. The smallest absolute Gasteiger partial charge is 0.339 e. The molecule has 1 N–H and O–H groups in total. The number of carbonyl (C=O) groups is 1. The molecule has 0 aliphatic heterocycles. The summed E-state index contributed by atoms with van der Waals surface area (Å²) >= 11 is 0. The zero-order valence-corrected chi connectivity index (χ0v) is 11.0. The molecule has 0 aliphatic carbocycles. The van der Waals surface area contributed by atoms with Crippen LogP contribution in [0.3, 0.4) is 0 Å². The quantitative estimate of drug-likeness (QED) is 0.806. The molecule has 0 fully saturated rings. The van der Waals surface area contributed by atoms with E-state index in [0.29, 0.717) is 23.5 Å². The highest BCUT2D eigenvalue weighted by Gasteiger charge is 2.23. The number of esters is 1. The molecule has 100 valence electrons. The summed E-state index contributed by atoms with van der Waals surface area (Å²) in [5.41, 5.74) is 1.26. The first kappa shape index (κ1) is 14.3. The van der Waals surface area contributed by atoms with E-state index in [1.165, 1.54) is 14.2 Å². The molecule has 1 unspecified atom stereocenters. The third-order valence-electron chi connectivity index (χ3n) is 2.73. The third kappa shape index (κ3) is 2.73. The number of rotatable bonds is 5. The van der Waals surface area contributed by atoms with Gasteiger partial charge in [0, 0.05) is 11.6 Å². The van der Waals surface area contributed by atoms with E-state index in [1.54, 1.807) is 19.2 Å². The molecule has 0 aliphatic rings. The minimum atomic E-state index is -1.36. The van der Waals surface area contributed by atoms with Gasteiger partial charge in [0.2, 0.25) is 0 Å². The molecule has 5 nitrogen and oxygen atoms in total. The highest BCUT2D eigenvalue weighted by atomic mass is 16.5. The molecule has 1 aromatic rings. The maximum atomic E-state index is 11.4. The molecular weight excluding hydrogens is 236 g/mol. The second-order valence-electron chi connectivity index (χ2n) is 3.69. The summed E-state index contributed by atoms with van der Waals surface area (Å²) in [5.74, 6) is 0.331. The van der Waals surface area contributed by atoms with E-state index >= 15 is 0 Å². The van der Waals surface area contributed by atoms with E-state index < -0.39 is 12.1 Å². The van der Waals surface area contributed by atoms with E-state index in [1.807, 2.05) is 6.92 Å². The van der Waals surface area contributed by atoms with E-state index in [9.17, 15) is 9.90 Å². The van der Waals surface area contributed by atoms with Gasteiger partial charge in [0.05, 0.1) is 21.3 Å². The number of ether oxygens (including phenoxy) is 3. The van der Waals surface area contributed by atoms with Gasteiger partial charge in [0.15, 0.2) is 6.10 Å². The van der Waals surface area contributed by atoms with Gasteiger partial charge in [-0.15, -0.1) is 0 Å². The van der Waals surface area contributed by atoms with Crippen molar-refractivity contribution in [3.63, 3.8) is 0 Å². The summed E-state index contributed by atoms with van der Waals surface area (Å²) < 4.78 is 14.9. The Hall–Kier alpha value is -1.75. The maximum Gasteiger partial charge on any atom is 0.339 e. The second-order valence-corrected chi connectivity index (χ2v) is 3.69. The Bertz CT molecular complexity index is 428. The summed E-state index contributed by atoms with van der Waals surface area (Å²) in [5, 5.41) is 9.89. The van der Waals surface area contributed by atoms with Crippen molar-refractivity contribution in [1.82, 2.24) is 0 Å². The largest absolute Gasteiger partial charge is 0.496 e. The van der Waals surface area contributed by atoms with Crippen LogP contribution in [0.4, 0.5) is 0 Å². The van der Waals surface area contributed by atoms with E-state index in [2.05, 4.69) is 4.74 Å². The van der Waals surface area contributed by atoms with Crippen molar-refractivity contribution >= 4 is 5.97 Å². The lowest BCUT2D eigenvalue weighted by Crippen LogP contribution is -2.15. The van der Waals surface area contributed by atoms with E-state index in [-0.39, 0.29) is 0 Å². The summed E-state index contributed by atoms with van der Waals surface area (Å²) in [6, 6.07) is 3.35. The molecule has 0 amide bonds. The molecule has 1 aromatic carbocycles. The van der Waals surface area contributed by atoms with Crippen LogP contribution >= 0.6 is 0 Å². The van der Waals surface area contributed by atoms with Crippen molar-refractivity contribution in [2.45, 2.75) is 19.4 Å². The van der Waals surface area contributed by atoms with Crippen LogP contribution in [-0.4, -0.2) is 32.4 Å². The zero-order valence-electron chi connectivity index (χ0n) is 11.0. The Balaban J connectivity index is 3.29. The number of hydrogen-bond donors (Lipinski definition) is 1. The first-order valence-electron chi connectivity index (χ1n) is 5.59. The van der Waals surface area contributed by atoms with Crippen molar-refractivity contribution in [3.8, 4) is 11.5 Å². The number of aliphatic hydroxyl groups is 1. The molecular formula is C13H18O5. The fourth-order valence-corrected chi connectivity index (χ4v) is 1.72. The Kier molecular flexibility index (Phi) is 4.97. The van der Waals surface area contributed by atoms with Crippen molar-refractivity contribution < 1.29 is 24.1 Å². The average Bonchev–Trinajstić information content (AvgIpc) is 2.43. The number of carbonyl (C=O) groups excluding carboxylic acids is 1. The summed E-state index contributed by atoms with van der Waals surface area (Å²) in [7, 11) is 4.25. The van der Waals surface area contributed by atoms with E-state index in [0.717, 1.165) is 5.56 Å². The molecule has 0 bridgehead atoms. The normalized spacial score (nSPS) is 11.8. The van der Waals surface area contributed by atoms with Gasteiger partial charge in [-0.05, 0) is 18.1 Å². The standard InChI is InChI=1S/C13H18O5/c1-5-8-6-9(12(14)13(15)18-4)11(17-3)7-10(8)16-2/h6-7,12,14H,5H2,1-4H3. The Morgan fingerprint density at radius 3 is 2.28 bits per heavy atom. The van der Waals surface area contributed by atoms with Gasteiger partial charge < -0.3 is 19.3 Å². The van der Waals surface area contributed by atoms with Gasteiger partial charge in [-0.2, -0.15) is 0 Å². The van der Waals surface area contributed by atoms with Crippen LogP contribution in [-0.2, 0) is 16.0 Å². The zero-order chi connectivity index (χ0) is 13.7.